The van der Waals surface area contributed by atoms with E-state index >= 15 is 0 Å². The number of benzene rings is 3. The van der Waals surface area contributed by atoms with Gasteiger partial charge in [-0.2, -0.15) is 0 Å². The van der Waals surface area contributed by atoms with Crippen molar-refractivity contribution in [3.63, 3.8) is 0 Å². The Balaban J connectivity index is 1.53. The van der Waals surface area contributed by atoms with Crippen LogP contribution in [0.4, 0.5) is 5.13 Å². The Kier molecular flexibility index (Phi) is 9.00. The molecular weight excluding hydrogens is 598 g/mol. The van der Waals surface area contributed by atoms with Crippen LogP contribution in [0.1, 0.15) is 36.1 Å². The lowest BCUT2D eigenvalue weighted by Gasteiger charge is -2.23. The predicted octanol–water partition coefficient (Wildman–Crippen LogP) is 6.61. The molecule has 1 fully saturated rings. The summed E-state index contributed by atoms with van der Waals surface area (Å²) in [6.07, 6.45) is 0.842. The summed E-state index contributed by atoms with van der Waals surface area (Å²) in [7, 11) is 1.40. The first-order chi connectivity index (χ1) is 20.3. The van der Waals surface area contributed by atoms with E-state index < -0.39 is 17.7 Å². The molecule has 1 aliphatic heterocycles. The molecule has 1 unspecified atom stereocenters. The number of aliphatic hydroxyl groups is 1. The van der Waals surface area contributed by atoms with E-state index in [1.165, 1.54) is 35.9 Å². The number of carbonyl (C=O) groups excluding carboxylic acids is 2. The minimum Gasteiger partial charge on any atom is -0.507 e. The fraction of sp³-hybridized carbons (Fsp3) is 0.200. The average Bonchev–Trinajstić information content (AvgIpc) is 3.57. The van der Waals surface area contributed by atoms with Crippen molar-refractivity contribution in [3.8, 4) is 17.2 Å². The number of amides is 1. The van der Waals surface area contributed by atoms with Gasteiger partial charge in [0, 0.05) is 16.3 Å². The van der Waals surface area contributed by atoms with Crippen LogP contribution < -0.4 is 14.4 Å². The summed E-state index contributed by atoms with van der Waals surface area (Å²) in [6, 6.07) is 17.5. The molecule has 1 aliphatic rings. The summed E-state index contributed by atoms with van der Waals surface area (Å²) in [4.78, 5) is 28.2. The zero-order valence-electron chi connectivity index (χ0n) is 22.6. The number of aromatic nitrogens is 2. The molecule has 12 heteroatoms. The number of carbonyl (C=O) groups is 2. The van der Waals surface area contributed by atoms with Gasteiger partial charge in [-0.25, -0.2) is 0 Å². The van der Waals surface area contributed by atoms with E-state index in [1.54, 1.807) is 42.5 Å². The summed E-state index contributed by atoms with van der Waals surface area (Å²) in [6.45, 7) is 2.54. The second kappa shape index (κ2) is 12.8. The summed E-state index contributed by atoms with van der Waals surface area (Å²) in [5.41, 5.74) is 1.67. The molecule has 2 N–H and O–H groups in total. The van der Waals surface area contributed by atoms with Gasteiger partial charge in [-0.05, 0) is 66.1 Å². The van der Waals surface area contributed by atoms with Crippen molar-refractivity contribution in [2.75, 3.05) is 18.6 Å². The van der Waals surface area contributed by atoms with Gasteiger partial charge in [0.05, 0.1) is 25.3 Å². The van der Waals surface area contributed by atoms with Gasteiger partial charge in [0.2, 0.25) is 5.13 Å². The number of phenols is 1. The average molecular weight is 624 g/mol. The number of hydrogen-bond donors (Lipinski definition) is 2. The van der Waals surface area contributed by atoms with E-state index in [4.69, 9.17) is 21.1 Å². The molecule has 1 atom stereocenters. The molecular formula is C30H26ClN3O6S2. The first kappa shape index (κ1) is 29.4. The third-order valence-corrected chi connectivity index (χ3v) is 8.82. The molecule has 1 aromatic heterocycles. The Morgan fingerprint density at radius 1 is 1.07 bits per heavy atom. The summed E-state index contributed by atoms with van der Waals surface area (Å²) in [5.74, 6) is -0.836. The maximum atomic E-state index is 13.5. The Labute approximate surface area is 255 Å². The molecule has 5 rings (SSSR count). The van der Waals surface area contributed by atoms with Crippen LogP contribution in [-0.4, -0.2) is 45.8 Å². The summed E-state index contributed by atoms with van der Waals surface area (Å²) >= 11 is 8.56. The zero-order chi connectivity index (χ0) is 29.8. The van der Waals surface area contributed by atoms with Gasteiger partial charge < -0.3 is 19.7 Å². The number of rotatable bonds is 10. The standard InChI is InChI=1S/C30H26ClN3O6S2/c1-3-14-40-21-11-6-18(7-12-21)26(36)24-25(19-8-13-22(35)23(15-19)39-2)34(28(38)27(24)37)29-32-33-30(42-29)41-16-17-4-9-20(31)10-5-17/h4-13,15,25,35-36H,3,14,16H2,1-2H3/b26-24-. The summed E-state index contributed by atoms with van der Waals surface area (Å²) < 4.78 is 11.5. The summed E-state index contributed by atoms with van der Waals surface area (Å²) in [5, 5.41) is 30.9. The second-order valence-corrected chi connectivity index (χ2v) is 11.9. The molecule has 9 nitrogen and oxygen atoms in total. The first-order valence-corrected chi connectivity index (χ1v) is 15.1. The molecule has 42 heavy (non-hydrogen) atoms. The number of aromatic hydroxyl groups is 1. The number of methoxy groups -OCH3 is 1. The van der Waals surface area contributed by atoms with Crippen LogP contribution in [0.3, 0.4) is 0 Å². The van der Waals surface area contributed by atoms with Gasteiger partial charge in [-0.15, -0.1) is 10.2 Å². The molecule has 0 spiro atoms. The monoisotopic (exact) mass is 623 g/mol. The van der Waals surface area contributed by atoms with E-state index in [1.807, 2.05) is 19.1 Å². The number of halogens is 1. The third-order valence-electron chi connectivity index (χ3n) is 6.44. The molecule has 0 radical (unpaired) electrons. The number of Topliss-reactive ketones (excluding diaryl/α,β-unsaturated/α-hetero) is 1. The van der Waals surface area contributed by atoms with Crippen molar-refractivity contribution < 1.29 is 29.3 Å². The van der Waals surface area contributed by atoms with Crippen molar-refractivity contribution >= 4 is 57.3 Å². The number of ketones is 1. The van der Waals surface area contributed by atoms with Crippen LogP contribution in [0.5, 0.6) is 17.2 Å². The molecule has 0 bridgehead atoms. The Bertz CT molecular complexity index is 1640. The lowest BCUT2D eigenvalue weighted by molar-refractivity contribution is -0.132. The number of phenolic OH excluding ortho intramolecular Hbond substituents is 1. The Hall–Kier alpha value is -4.06. The van der Waals surface area contributed by atoms with E-state index in [2.05, 4.69) is 10.2 Å². The van der Waals surface area contributed by atoms with E-state index in [0.717, 1.165) is 23.3 Å². The molecule has 1 saturated heterocycles. The molecule has 1 amide bonds. The normalized spacial score (nSPS) is 16.2. The fourth-order valence-electron chi connectivity index (χ4n) is 4.38. The molecule has 2 heterocycles. The van der Waals surface area contributed by atoms with Gasteiger partial charge in [-0.3, -0.25) is 14.5 Å². The highest BCUT2D eigenvalue weighted by molar-refractivity contribution is 8.00. The van der Waals surface area contributed by atoms with Crippen LogP contribution in [0.2, 0.25) is 5.02 Å². The van der Waals surface area contributed by atoms with Crippen LogP contribution in [-0.2, 0) is 15.3 Å². The largest absolute Gasteiger partial charge is 0.507 e. The van der Waals surface area contributed by atoms with Crippen LogP contribution >= 0.6 is 34.7 Å². The van der Waals surface area contributed by atoms with E-state index in [9.17, 15) is 19.8 Å². The fourth-order valence-corrected chi connectivity index (χ4v) is 6.33. The van der Waals surface area contributed by atoms with Crippen LogP contribution in [0, 0.1) is 0 Å². The molecule has 4 aromatic rings. The zero-order valence-corrected chi connectivity index (χ0v) is 25.0. The van der Waals surface area contributed by atoms with Crippen LogP contribution in [0.25, 0.3) is 5.76 Å². The van der Waals surface area contributed by atoms with Gasteiger partial charge >= 0.3 is 5.91 Å². The highest BCUT2D eigenvalue weighted by Crippen LogP contribution is 2.45. The number of nitrogens with zero attached hydrogens (tertiary/aromatic N) is 3. The lowest BCUT2D eigenvalue weighted by Crippen LogP contribution is -2.29. The maximum absolute atomic E-state index is 13.5. The second-order valence-electron chi connectivity index (χ2n) is 9.24. The number of thioether (sulfide) groups is 1. The highest BCUT2D eigenvalue weighted by atomic mass is 35.5. The number of anilines is 1. The molecule has 216 valence electrons. The molecule has 0 aliphatic carbocycles. The van der Waals surface area contributed by atoms with Crippen molar-refractivity contribution in [3.05, 3.63) is 94.0 Å². The highest BCUT2D eigenvalue weighted by Gasteiger charge is 2.48. The quantitative estimate of drug-likeness (QED) is 0.0660. The Morgan fingerprint density at radius 3 is 2.50 bits per heavy atom. The maximum Gasteiger partial charge on any atom is 0.301 e. The van der Waals surface area contributed by atoms with E-state index in [-0.39, 0.29) is 28.0 Å². The lowest BCUT2D eigenvalue weighted by atomic mass is 9.95. The predicted molar refractivity (Wildman–Crippen MR) is 163 cm³/mol. The third kappa shape index (κ3) is 6.08. The van der Waals surface area contributed by atoms with Crippen molar-refractivity contribution in [1.29, 1.82) is 0 Å². The van der Waals surface area contributed by atoms with Crippen molar-refractivity contribution in [1.82, 2.24) is 10.2 Å². The van der Waals surface area contributed by atoms with Crippen LogP contribution in [0.15, 0.2) is 76.6 Å². The smallest absolute Gasteiger partial charge is 0.301 e. The number of hydrogen-bond acceptors (Lipinski definition) is 10. The van der Waals surface area contributed by atoms with Gasteiger partial charge in [0.1, 0.15) is 11.5 Å². The van der Waals surface area contributed by atoms with Gasteiger partial charge in [0.25, 0.3) is 5.78 Å². The van der Waals surface area contributed by atoms with Crippen molar-refractivity contribution in [2.24, 2.45) is 0 Å². The SMILES string of the molecule is CCCOc1ccc(/C(O)=C2/C(=O)C(=O)N(c3nnc(SCc4ccc(Cl)cc4)s3)C2c2ccc(O)c(OC)c2)cc1. The van der Waals surface area contributed by atoms with Gasteiger partial charge in [-0.1, -0.05) is 59.8 Å². The van der Waals surface area contributed by atoms with E-state index in [0.29, 0.717) is 38.6 Å². The minimum absolute atomic E-state index is 0.113. The van der Waals surface area contributed by atoms with Crippen molar-refractivity contribution in [2.45, 2.75) is 29.5 Å². The molecule has 3 aromatic carbocycles. The van der Waals surface area contributed by atoms with Gasteiger partial charge in [0.15, 0.2) is 15.8 Å². The molecule has 0 saturated carbocycles. The topological polar surface area (TPSA) is 122 Å². The number of ether oxygens (including phenoxy) is 2. The Morgan fingerprint density at radius 2 is 1.81 bits per heavy atom. The number of aliphatic hydroxyl groups excluding tert-OH is 1. The minimum atomic E-state index is -1.06. The first-order valence-electron chi connectivity index (χ1n) is 12.9.